The number of methoxy groups -OCH3 is 1. The lowest BCUT2D eigenvalue weighted by atomic mass is 10.0. The molecular formula is C33H48ClN5O7S. The van der Waals surface area contributed by atoms with Crippen molar-refractivity contribution in [2.24, 2.45) is 11.5 Å². The Morgan fingerprint density at radius 3 is 2.32 bits per heavy atom. The highest BCUT2D eigenvalue weighted by atomic mass is 35.5. The molecule has 0 heterocycles. The van der Waals surface area contributed by atoms with Crippen LogP contribution in [-0.2, 0) is 41.6 Å². The Morgan fingerprint density at radius 1 is 1.00 bits per heavy atom. The molecule has 0 spiro atoms. The van der Waals surface area contributed by atoms with E-state index in [4.69, 9.17) is 11.5 Å². The van der Waals surface area contributed by atoms with E-state index in [2.05, 4.69) is 15.4 Å². The van der Waals surface area contributed by atoms with Crippen LogP contribution in [0.4, 0.5) is 0 Å². The molecule has 0 fully saturated rings. The van der Waals surface area contributed by atoms with Gasteiger partial charge in [0.25, 0.3) is 0 Å². The largest absolute Gasteiger partial charge is 0.508 e. The summed E-state index contributed by atoms with van der Waals surface area (Å²) in [4.78, 5) is 65.2. The fourth-order valence-corrected chi connectivity index (χ4v) is 5.37. The summed E-state index contributed by atoms with van der Waals surface area (Å²) in [7, 11) is 1.32. The minimum Gasteiger partial charge on any atom is -0.508 e. The van der Waals surface area contributed by atoms with E-state index in [1.165, 1.54) is 29.8 Å². The SMILES string of the molecule is COC(=O)CCCCCN(C(=O)CNC(=O)[C@@H](CCSC)NC(=O)[C@H](N)Cc1ccc(O)cc1C)[C@@H](Cc1ccccc1)C(N)=O.Cl. The number of phenolic OH excluding ortho intramolecular Hbond substituents is 1. The number of amides is 4. The topological polar surface area (TPSA) is 194 Å². The molecule has 4 amide bonds. The summed E-state index contributed by atoms with van der Waals surface area (Å²) in [5, 5.41) is 15.0. The number of unbranched alkanes of at least 4 members (excludes halogenated alkanes) is 2. The Hall–Kier alpha value is -3.81. The monoisotopic (exact) mass is 693 g/mol. The molecule has 0 bridgehead atoms. The van der Waals surface area contributed by atoms with E-state index in [0.29, 0.717) is 31.4 Å². The molecule has 0 aliphatic rings. The highest BCUT2D eigenvalue weighted by Crippen LogP contribution is 2.17. The highest BCUT2D eigenvalue weighted by Gasteiger charge is 2.30. The van der Waals surface area contributed by atoms with Crippen LogP contribution in [0, 0.1) is 6.92 Å². The first-order valence-electron chi connectivity index (χ1n) is 15.3. The molecule has 3 atom stereocenters. The summed E-state index contributed by atoms with van der Waals surface area (Å²) in [6.07, 6.45) is 4.48. The van der Waals surface area contributed by atoms with Gasteiger partial charge in [-0.2, -0.15) is 11.8 Å². The van der Waals surface area contributed by atoms with E-state index < -0.39 is 48.3 Å². The first-order valence-corrected chi connectivity index (χ1v) is 16.7. The maximum atomic E-state index is 13.5. The van der Waals surface area contributed by atoms with Gasteiger partial charge in [-0.25, -0.2) is 0 Å². The maximum Gasteiger partial charge on any atom is 0.305 e. The normalized spacial score (nSPS) is 12.5. The molecule has 14 heteroatoms. The fraction of sp³-hybridized carbons (Fsp3) is 0.485. The van der Waals surface area contributed by atoms with Crippen LogP contribution >= 0.6 is 24.2 Å². The Kier molecular flexibility index (Phi) is 19.2. The molecule has 47 heavy (non-hydrogen) atoms. The zero-order valence-electron chi connectivity index (χ0n) is 27.2. The number of benzene rings is 2. The van der Waals surface area contributed by atoms with Gasteiger partial charge in [-0.1, -0.05) is 42.8 Å². The number of ether oxygens (including phenoxy) is 1. The smallest absolute Gasteiger partial charge is 0.305 e. The van der Waals surface area contributed by atoms with Gasteiger partial charge in [-0.15, -0.1) is 12.4 Å². The molecule has 12 nitrogen and oxygen atoms in total. The third-order valence-electron chi connectivity index (χ3n) is 7.56. The van der Waals surface area contributed by atoms with Gasteiger partial charge in [0.2, 0.25) is 23.6 Å². The van der Waals surface area contributed by atoms with Crippen molar-refractivity contribution in [1.29, 1.82) is 0 Å². The van der Waals surface area contributed by atoms with Crippen LogP contribution in [0.1, 0.15) is 48.8 Å². The first kappa shape index (κ1) is 41.2. The number of nitrogens with one attached hydrogen (secondary N) is 2. The van der Waals surface area contributed by atoms with Crippen LogP contribution in [-0.4, -0.2) is 89.9 Å². The summed E-state index contributed by atoms with van der Waals surface area (Å²) < 4.78 is 4.67. The van der Waals surface area contributed by atoms with Gasteiger partial charge in [-0.3, -0.25) is 24.0 Å². The van der Waals surface area contributed by atoms with E-state index >= 15 is 0 Å². The average Bonchev–Trinajstić information content (AvgIpc) is 3.03. The molecule has 2 aromatic carbocycles. The lowest BCUT2D eigenvalue weighted by molar-refractivity contribution is -0.141. The van der Waals surface area contributed by atoms with E-state index in [0.717, 1.165) is 16.7 Å². The molecule has 0 saturated heterocycles. The zero-order valence-corrected chi connectivity index (χ0v) is 28.9. The van der Waals surface area contributed by atoms with Crippen LogP contribution in [0.25, 0.3) is 0 Å². The molecular weight excluding hydrogens is 646 g/mol. The molecule has 2 aromatic rings. The van der Waals surface area contributed by atoms with Crippen molar-refractivity contribution in [1.82, 2.24) is 15.5 Å². The van der Waals surface area contributed by atoms with Crippen LogP contribution in [0.2, 0.25) is 0 Å². The summed E-state index contributed by atoms with van der Waals surface area (Å²) in [6.45, 7) is 1.58. The number of rotatable bonds is 20. The van der Waals surface area contributed by atoms with Gasteiger partial charge in [0, 0.05) is 19.4 Å². The van der Waals surface area contributed by atoms with Gasteiger partial charge in [0.15, 0.2) is 0 Å². The fourth-order valence-electron chi connectivity index (χ4n) is 4.90. The summed E-state index contributed by atoms with van der Waals surface area (Å²) in [5.74, 6) is -1.91. The molecule has 0 aliphatic carbocycles. The van der Waals surface area contributed by atoms with Crippen molar-refractivity contribution < 1.29 is 33.8 Å². The van der Waals surface area contributed by atoms with Gasteiger partial charge >= 0.3 is 5.97 Å². The molecule has 0 saturated carbocycles. The van der Waals surface area contributed by atoms with Crippen molar-refractivity contribution in [2.75, 3.05) is 32.2 Å². The number of primary amides is 1. The second kappa shape index (κ2) is 21.9. The molecule has 260 valence electrons. The Morgan fingerprint density at radius 2 is 1.70 bits per heavy atom. The van der Waals surface area contributed by atoms with Crippen LogP contribution in [0.3, 0.4) is 0 Å². The average molecular weight is 694 g/mol. The molecule has 7 N–H and O–H groups in total. The van der Waals surface area contributed by atoms with Gasteiger partial charge in [0.05, 0.1) is 19.7 Å². The van der Waals surface area contributed by atoms with Crippen LogP contribution in [0.5, 0.6) is 5.75 Å². The number of phenols is 1. The number of nitrogens with two attached hydrogens (primary N) is 2. The van der Waals surface area contributed by atoms with E-state index in [1.807, 2.05) is 36.6 Å². The van der Waals surface area contributed by atoms with Gasteiger partial charge < -0.3 is 36.8 Å². The lowest BCUT2D eigenvalue weighted by Crippen LogP contribution is -2.55. The molecule has 0 unspecified atom stereocenters. The minimum atomic E-state index is -0.958. The molecule has 0 aliphatic heterocycles. The standard InChI is InChI=1S/C33H47N5O7S.ClH/c1-22-18-25(39)14-13-24(22)20-26(34)32(43)37-27(15-17-46-3)33(44)36-21-29(40)38(16-9-5-8-12-30(41)45-2)28(31(35)42)19-23-10-6-4-7-11-23;/h4,6-7,10-11,13-14,18,26-28,39H,5,8-9,12,15-17,19-21,34H2,1-3H3,(H2,35,42)(H,36,44)(H,37,43);1H/t26-,27-,28+;/m1./s1. The predicted molar refractivity (Wildman–Crippen MR) is 185 cm³/mol. The summed E-state index contributed by atoms with van der Waals surface area (Å²) in [5.41, 5.74) is 14.3. The third-order valence-corrected chi connectivity index (χ3v) is 8.21. The maximum absolute atomic E-state index is 13.5. The molecule has 2 rings (SSSR count). The van der Waals surface area contributed by atoms with E-state index in [-0.39, 0.29) is 49.9 Å². The number of hydrogen-bond donors (Lipinski definition) is 5. The van der Waals surface area contributed by atoms with Gasteiger partial charge in [-0.05, 0) is 73.4 Å². The van der Waals surface area contributed by atoms with Crippen molar-refractivity contribution in [3.8, 4) is 5.75 Å². The van der Waals surface area contributed by atoms with Crippen LogP contribution in [0.15, 0.2) is 48.5 Å². The van der Waals surface area contributed by atoms with Gasteiger partial charge in [0.1, 0.15) is 17.8 Å². The zero-order chi connectivity index (χ0) is 34.1. The molecule has 0 radical (unpaired) electrons. The number of aryl methyl sites for hydroxylation is 1. The number of aromatic hydroxyl groups is 1. The predicted octanol–water partition coefficient (Wildman–Crippen LogP) is 2.00. The third kappa shape index (κ3) is 14.7. The van der Waals surface area contributed by atoms with E-state index in [1.54, 1.807) is 19.1 Å². The van der Waals surface area contributed by atoms with Crippen molar-refractivity contribution in [2.45, 2.75) is 70.0 Å². The van der Waals surface area contributed by atoms with Crippen LogP contribution < -0.4 is 22.1 Å². The summed E-state index contributed by atoms with van der Waals surface area (Å²) >= 11 is 1.50. The van der Waals surface area contributed by atoms with Crippen molar-refractivity contribution in [3.05, 3.63) is 65.2 Å². The number of thioether (sulfide) groups is 1. The first-order chi connectivity index (χ1) is 22.0. The molecule has 0 aromatic heterocycles. The number of esters is 1. The number of nitrogens with zero attached hydrogens (tertiary/aromatic N) is 1. The number of carbonyl (C=O) groups is 5. The quantitative estimate of drug-likeness (QED) is 0.102. The Labute approximate surface area is 287 Å². The second-order valence-electron chi connectivity index (χ2n) is 11.1. The summed E-state index contributed by atoms with van der Waals surface area (Å²) in [6, 6.07) is 11.1. The number of hydrogen-bond acceptors (Lipinski definition) is 9. The van der Waals surface area contributed by atoms with Crippen molar-refractivity contribution in [3.63, 3.8) is 0 Å². The number of carbonyl (C=O) groups excluding carboxylic acids is 5. The highest BCUT2D eigenvalue weighted by molar-refractivity contribution is 7.98. The lowest BCUT2D eigenvalue weighted by Gasteiger charge is -2.30. The second-order valence-corrected chi connectivity index (χ2v) is 12.0. The Bertz CT molecular complexity index is 1320. The minimum absolute atomic E-state index is 0. The van der Waals surface area contributed by atoms with Crippen molar-refractivity contribution >= 4 is 53.8 Å². The Balaban J connectivity index is 0.0000110. The van der Waals surface area contributed by atoms with E-state index in [9.17, 15) is 29.1 Å². The number of halogens is 1.